The van der Waals surface area contributed by atoms with E-state index >= 15 is 0 Å². The summed E-state index contributed by atoms with van der Waals surface area (Å²) in [4.78, 5) is 6.31. The van der Waals surface area contributed by atoms with Crippen LogP contribution in [0.4, 0.5) is 11.4 Å². The standard InChI is InChI=1S/C11H15N3O/c12-9-13-10-1-3-11(4-2-10)14-5-7-15-8-6-14/h1-4,9H,5-8H2,(H2,12,13). The molecular weight excluding hydrogens is 190 g/mol. The summed E-state index contributed by atoms with van der Waals surface area (Å²) in [5.41, 5.74) is 7.32. The minimum absolute atomic E-state index is 0.808. The zero-order valence-corrected chi connectivity index (χ0v) is 8.60. The van der Waals surface area contributed by atoms with Gasteiger partial charge in [-0.1, -0.05) is 0 Å². The molecule has 1 fully saturated rings. The maximum atomic E-state index is 5.30. The lowest BCUT2D eigenvalue weighted by Crippen LogP contribution is -2.36. The van der Waals surface area contributed by atoms with Gasteiger partial charge in [-0.25, -0.2) is 4.99 Å². The average Bonchev–Trinajstić information content (AvgIpc) is 2.32. The number of aliphatic imine (C=N–C) groups is 1. The summed E-state index contributed by atoms with van der Waals surface area (Å²) in [5.74, 6) is 0. The second-order valence-electron chi connectivity index (χ2n) is 3.39. The minimum Gasteiger partial charge on any atom is -0.390 e. The van der Waals surface area contributed by atoms with E-state index in [9.17, 15) is 0 Å². The zero-order valence-electron chi connectivity index (χ0n) is 8.60. The minimum atomic E-state index is 0.808. The number of nitrogens with zero attached hydrogens (tertiary/aromatic N) is 2. The van der Waals surface area contributed by atoms with Gasteiger partial charge in [0.25, 0.3) is 0 Å². The molecule has 2 rings (SSSR count). The van der Waals surface area contributed by atoms with E-state index in [4.69, 9.17) is 10.5 Å². The van der Waals surface area contributed by atoms with Crippen molar-refractivity contribution in [2.45, 2.75) is 0 Å². The summed E-state index contributed by atoms with van der Waals surface area (Å²) in [6.07, 6.45) is 1.31. The van der Waals surface area contributed by atoms with Crippen molar-refractivity contribution in [1.29, 1.82) is 0 Å². The van der Waals surface area contributed by atoms with Crippen LogP contribution in [0.15, 0.2) is 29.3 Å². The Bertz CT molecular complexity index is 328. The van der Waals surface area contributed by atoms with E-state index in [1.807, 2.05) is 12.1 Å². The predicted octanol–water partition coefficient (Wildman–Crippen LogP) is 1.14. The number of rotatable bonds is 2. The average molecular weight is 205 g/mol. The highest BCUT2D eigenvalue weighted by Crippen LogP contribution is 2.20. The first-order valence-corrected chi connectivity index (χ1v) is 5.07. The van der Waals surface area contributed by atoms with Crippen LogP contribution in [0.3, 0.4) is 0 Å². The second kappa shape index (κ2) is 4.79. The topological polar surface area (TPSA) is 50.8 Å². The Kier molecular flexibility index (Phi) is 3.19. The summed E-state index contributed by atoms with van der Waals surface area (Å²) >= 11 is 0. The van der Waals surface area contributed by atoms with Gasteiger partial charge in [0.05, 0.1) is 25.2 Å². The van der Waals surface area contributed by atoms with E-state index in [1.165, 1.54) is 12.0 Å². The largest absolute Gasteiger partial charge is 0.390 e. The van der Waals surface area contributed by atoms with Crippen molar-refractivity contribution in [1.82, 2.24) is 0 Å². The molecule has 0 saturated carbocycles. The fourth-order valence-corrected chi connectivity index (χ4v) is 1.66. The molecule has 4 heteroatoms. The first-order valence-electron chi connectivity index (χ1n) is 5.07. The van der Waals surface area contributed by atoms with Gasteiger partial charge in [0.2, 0.25) is 0 Å². The highest BCUT2D eigenvalue weighted by Gasteiger charge is 2.10. The van der Waals surface area contributed by atoms with Crippen LogP contribution in [0.25, 0.3) is 0 Å². The Morgan fingerprint density at radius 2 is 1.87 bits per heavy atom. The number of morpholine rings is 1. The highest BCUT2D eigenvalue weighted by atomic mass is 16.5. The second-order valence-corrected chi connectivity index (χ2v) is 3.39. The van der Waals surface area contributed by atoms with Crippen molar-refractivity contribution in [3.05, 3.63) is 24.3 Å². The van der Waals surface area contributed by atoms with Crippen LogP contribution < -0.4 is 10.6 Å². The molecule has 0 aromatic heterocycles. The number of anilines is 1. The van der Waals surface area contributed by atoms with E-state index in [-0.39, 0.29) is 0 Å². The van der Waals surface area contributed by atoms with Crippen LogP contribution in [0, 0.1) is 0 Å². The molecular formula is C11H15N3O. The summed E-state index contributed by atoms with van der Waals surface area (Å²) in [7, 11) is 0. The Morgan fingerprint density at radius 1 is 1.20 bits per heavy atom. The van der Waals surface area contributed by atoms with Gasteiger partial charge in [-0.05, 0) is 24.3 Å². The Hall–Kier alpha value is -1.55. The van der Waals surface area contributed by atoms with Crippen molar-refractivity contribution < 1.29 is 4.74 Å². The first-order chi connectivity index (χ1) is 7.40. The molecule has 1 saturated heterocycles. The maximum Gasteiger partial charge on any atom is 0.0860 e. The van der Waals surface area contributed by atoms with Crippen LogP contribution in [-0.4, -0.2) is 32.6 Å². The molecule has 1 aliphatic heterocycles. The van der Waals surface area contributed by atoms with E-state index < -0.39 is 0 Å². The third-order valence-electron chi connectivity index (χ3n) is 2.45. The Balaban J connectivity index is 2.08. The number of nitrogens with two attached hydrogens (primary N) is 1. The molecule has 0 aliphatic carbocycles. The van der Waals surface area contributed by atoms with E-state index in [0.29, 0.717) is 0 Å². The van der Waals surface area contributed by atoms with Crippen LogP contribution in [0.1, 0.15) is 0 Å². The van der Waals surface area contributed by atoms with Crippen LogP contribution >= 0.6 is 0 Å². The molecule has 1 aliphatic rings. The van der Waals surface area contributed by atoms with Crippen LogP contribution in [0.2, 0.25) is 0 Å². The highest BCUT2D eigenvalue weighted by molar-refractivity contribution is 5.61. The van der Waals surface area contributed by atoms with Crippen molar-refractivity contribution in [2.75, 3.05) is 31.2 Å². The SMILES string of the molecule is NC=Nc1ccc(N2CCOCC2)cc1. The zero-order chi connectivity index (χ0) is 10.5. The van der Waals surface area contributed by atoms with E-state index in [0.717, 1.165) is 32.0 Å². The Morgan fingerprint density at radius 3 is 2.47 bits per heavy atom. The lowest BCUT2D eigenvalue weighted by Gasteiger charge is -2.28. The Labute approximate surface area is 89.4 Å². The van der Waals surface area contributed by atoms with Crippen LogP contribution in [0.5, 0.6) is 0 Å². The molecule has 1 aromatic rings. The summed E-state index contributed by atoms with van der Waals surface area (Å²) in [6, 6.07) is 8.06. The molecule has 1 aromatic carbocycles. The van der Waals surface area contributed by atoms with Gasteiger partial charge >= 0.3 is 0 Å². The van der Waals surface area contributed by atoms with Crippen molar-refractivity contribution in [2.24, 2.45) is 10.7 Å². The van der Waals surface area contributed by atoms with Crippen molar-refractivity contribution in [3.8, 4) is 0 Å². The summed E-state index contributed by atoms with van der Waals surface area (Å²) in [5, 5.41) is 0. The van der Waals surface area contributed by atoms with Crippen LogP contribution in [-0.2, 0) is 4.74 Å². The number of hydrogen-bond acceptors (Lipinski definition) is 3. The van der Waals surface area contributed by atoms with E-state index in [2.05, 4.69) is 22.0 Å². The molecule has 4 nitrogen and oxygen atoms in total. The van der Waals surface area contributed by atoms with Gasteiger partial charge in [-0.2, -0.15) is 0 Å². The fraction of sp³-hybridized carbons (Fsp3) is 0.364. The van der Waals surface area contributed by atoms with Gasteiger partial charge in [0, 0.05) is 18.8 Å². The molecule has 15 heavy (non-hydrogen) atoms. The quantitative estimate of drug-likeness (QED) is 0.582. The summed E-state index contributed by atoms with van der Waals surface area (Å²) < 4.78 is 5.30. The molecule has 0 atom stereocenters. The monoisotopic (exact) mass is 205 g/mol. The molecule has 2 N–H and O–H groups in total. The number of hydrogen-bond donors (Lipinski definition) is 1. The van der Waals surface area contributed by atoms with Gasteiger partial charge in [-0.15, -0.1) is 0 Å². The van der Waals surface area contributed by atoms with Gasteiger partial charge < -0.3 is 15.4 Å². The normalized spacial score (nSPS) is 17.2. The molecule has 80 valence electrons. The molecule has 0 unspecified atom stereocenters. The third kappa shape index (κ3) is 2.47. The smallest absolute Gasteiger partial charge is 0.0860 e. The third-order valence-corrected chi connectivity index (χ3v) is 2.45. The number of benzene rings is 1. The fourth-order valence-electron chi connectivity index (χ4n) is 1.66. The molecule has 0 amide bonds. The van der Waals surface area contributed by atoms with Crippen molar-refractivity contribution >= 4 is 17.7 Å². The summed E-state index contributed by atoms with van der Waals surface area (Å²) in [6.45, 7) is 3.53. The van der Waals surface area contributed by atoms with E-state index in [1.54, 1.807) is 0 Å². The predicted molar refractivity (Wildman–Crippen MR) is 61.8 cm³/mol. The number of ether oxygens (including phenoxy) is 1. The molecule has 0 bridgehead atoms. The van der Waals surface area contributed by atoms with Crippen molar-refractivity contribution in [3.63, 3.8) is 0 Å². The molecule has 0 radical (unpaired) electrons. The maximum absolute atomic E-state index is 5.30. The van der Waals surface area contributed by atoms with Gasteiger partial charge in [0.15, 0.2) is 0 Å². The van der Waals surface area contributed by atoms with Gasteiger partial charge in [0.1, 0.15) is 0 Å². The van der Waals surface area contributed by atoms with Gasteiger partial charge in [-0.3, -0.25) is 0 Å². The first kappa shape index (κ1) is 9.98. The molecule has 1 heterocycles. The molecule has 0 spiro atoms. The lowest BCUT2D eigenvalue weighted by atomic mass is 10.2. The lowest BCUT2D eigenvalue weighted by molar-refractivity contribution is 0.122.